The fourth-order valence-electron chi connectivity index (χ4n) is 0.865. The lowest BCUT2D eigenvalue weighted by Crippen LogP contribution is -2.01. The van der Waals surface area contributed by atoms with Gasteiger partial charge in [-0.3, -0.25) is 4.79 Å². The Balaban J connectivity index is 2.82. The van der Waals surface area contributed by atoms with Crippen molar-refractivity contribution in [2.45, 2.75) is 13.5 Å². The topological polar surface area (TPSA) is 63.0 Å². The number of carbonyl (C=O) groups is 1. The molecule has 0 saturated heterocycles. The van der Waals surface area contributed by atoms with Gasteiger partial charge in [0.2, 0.25) is 0 Å². The van der Waals surface area contributed by atoms with Crippen LogP contribution >= 0.6 is 11.6 Å². The second-order valence-corrected chi connectivity index (χ2v) is 2.95. The molecule has 0 N–H and O–H groups in total. The molecule has 1 rings (SSSR count). The van der Waals surface area contributed by atoms with E-state index in [1.807, 2.05) is 6.07 Å². The monoisotopic (exact) mass is 210 g/mol. The second-order valence-electron chi connectivity index (χ2n) is 2.56. The van der Waals surface area contributed by atoms with Crippen molar-refractivity contribution >= 4 is 17.6 Å². The van der Waals surface area contributed by atoms with Crippen molar-refractivity contribution in [3.05, 3.63) is 28.5 Å². The van der Waals surface area contributed by atoms with Gasteiger partial charge in [-0.15, -0.1) is 0 Å². The van der Waals surface area contributed by atoms with Crippen LogP contribution in [0.15, 0.2) is 12.1 Å². The van der Waals surface area contributed by atoms with Crippen LogP contribution in [0.2, 0.25) is 5.15 Å². The van der Waals surface area contributed by atoms with E-state index in [1.165, 1.54) is 19.1 Å². The lowest BCUT2D eigenvalue weighted by Gasteiger charge is -2.01. The minimum atomic E-state index is -0.398. The van der Waals surface area contributed by atoms with Crippen molar-refractivity contribution in [2.75, 3.05) is 0 Å². The third-order valence-corrected chi connectivity index (χ3v) is 1.59. The Morgan fingerprint density at radius 2 is 2.43 bits per heavy atom. The van der Waals surface area contributed by atoms with Crippen molar-refractivity contribution in [3.63, 3.8) is 0 Å². The number of carbonyl (C=O) groups excluding carboxylic acids is 1. The summed E-state index contributed by atoms with van der Waals surface area (Å²) in [5.41, 5.74) is 0.858. The summed E-state index contributed by atoms with van der Waals surface area (Å²) in [6, 6.07) is 4.90. The van der Waals surface area contributed by atoms with Gasteiger partial charge in [-0.2, -0.15) is 5.26 Å². The molecular weight excluding hydrogens is 204 g/mol. The normalized spacial score (nSPS) is 9.21. The predicted molar refractivity (Wildman–Crippen MR) is 49.4 cm³/mol. The van der Waals surface area contributed by atoms with Crippen LogP contribution in [0.4, 0.5) is 0 Å². The second kappa shape index (κ2) is 4.58. The SMILES string of the molecule is CC(=O)OCc1cc(C#N)cc(Cl)n1. The lowest BCUT2D eigenvalue weighted by molar-refractivity contribution is -0.142. The maximum absolute atomic E-state index is 10.5. The number of nitrogens with zero attached hydrogens (tertiary/aromatic N) is 2. The summed E-state index contributed by atoms with van der Waals surface area (Å²) in [5.74, 6) is -0.398. The van der Waals surface area contributed by atoms with E-state index in [9.17, 15) is 4.79 Å². The van der Waals surface area contributed by atoms with Crippen molar-refractivity contribution in [3.8, 4) is 6.07 Å². The molecular formula is C9H7ClN2O2. The summed E-state index contributed by atoms with van der Waals surface area (Å²) in [7, 11) is 0. The van der Waals surface area contributed by atoms with Gasteiger partial charge in [0.05, 0.1) is 17.3 Å². The molecule has 0 aliphatic heterocycles. The van der Waals surface area contributed by atoms with Gasteiger partial charge >= 0.3 is 5.97 Å². The van der Waals surface area contributed by atoms with Crippen LogP contribution in [0.25, 0.3) is 0 Å². The van der Waals surface area contributed by atoms with E-state index < -0.39 is 5.97 Å². The Kier molecular flexibility index (Phi) is 3.43. The Labute approximate surface area is 86.1 Å². The molecule has 0 spiro atoms. The van der Waals surface area contributed by atoms with Crippen LogP contribution < -0.4 is 0 Å². The molecule has 0 atom stereocenters. The average molecular weight is 211 g/mol. The number of esters is 1. The van der Waals surface area contributed by atoms with Gasteiger partial charge in [0.15, 0.2) is 0 Å². The number of hydrogen-bond donors (Lipinski definition) is 0. The number of hydrogen-bond acceptors (Lipinski definition) is 4. The molecule has 1 aromatic rings. The Morgan fingerprint density at radius 1 is 1.71 bits per heavy atom. The van der Waals surface area contributed by atoms with E-state index in [0.29, 0.717) is 11.3 Å². The van der Waals surface area contributed by atoms with Crippen LogP contribution in [-0.4, -0.2) is 11.0 Å². The minimum absolute atomic E-state index is 0.0323. The Bertz CT molecular complexity index is 398. The molecule has 72 valence electrons. The van der Waals surface area contributed by atoms with E-state index in [-0.39, 0.29) is 11.8 Å². The predicted octanol–water partition coefficient (Wildman–Crippen LogP) is 1.67. The number of pyridine rings is 1. The van der Waals surface area contributed by atoms with E-state index in [4.69, 9.17) is 21.6 Å². The highest BCUT2D eigenvalue weighted by Crippen LogP contribution is 2.10. The number of aromatic nitrogens is 1. The molecule has 0 unspecified atom stereocenters. The van der Waals surface area contributed by atoms with Gasteiger partial charge in [0.25, 0.3) is 0 Å². The molecule has 0 radical (unpaired) electrons. The molecule has 5 heteroatoms. The first kappa shape index (κ1) is 10.5. The Hall–Kier alpha value is -1.60. The smallest absolute Gasteiger partial charge is 0.303 e. The molecule has 0 aromatic carbocycles. The lowest BCUT2D eigenvalue weighted by atomic mass is 10.2. The highest BCUT2D eigenvalue weighted by Gasteiger charge is 2.02. The van der Waals surface area contributed by atoms with Crippen LogP contribution in [0.5, 0.6) is 0 Å². The van der Waals surface area contributed by atoms with Crippen molar-refractivity contribution in [2.24, 2.45) is 0 Å². The molecule has 0 bridgehead atoms. The molecule has 14 heavy (non-hydrogen) atoms. The molecule has 0 amide bonds. The first-order valence-electron chi connectivity index (χ1n) is 3.81. The van der Waals surface area contributed by atoms with Crippen molar-refractivity contribution < 1.29 is 9.53 Å². The van der Waals surface area contributed by atoms with Gasteiger partial charge in [-0.1, -0.05) is 11.6 Å². The minimum Gasteiger partial charge on any atom is -0.459 e. The van der Waals surface area contributed by atoms with E-state index in [2.05, 4.69) is 4.98 Å². The van der Waals surface area contributed by atoms with Gasteiger partial charge in [-0.05, 0) is 12.1 Å². The largest absolute Gasteiger partial charge is 0.459 e. The zero-order valence-electron chi connectivity index (χ0n) is 7.45. The van der Waals surface area contributed by atoms with E-state index in [0.717, 1.165) is 0 Å². The number of nitriles is 1. The highest BCUT2D eigenvalue weighted by molar-refractivity contribution is 6.29. The molecule has 0 fully saturated rings. The molecule has 0 aliphatic rings. The summed E-state index contributed by atoms with van der Waals surface area (Å²) in [5, 5.41) is 8.83. The molecule has 0 aliphatic carbocycles. The number of rotatable bonds is 2. The summed E-state index contributed by atoms with van der Waals surface area (Å²) >= 11 is 5.64. The number of halogens is 1. The van der Waals surface area contributed by atoms with Gasteiger partial charge in [0, 0.05) is 6.92 Å². The van der Waals surface area contributed by atoms with Crippen molar-refractivity contribution in [1.82, 2.24) is 4.98 Å². The summed E-state index contributed by atoms with van der Waals surface area (Å²) < 4.78 is 4.71. The first-order valence-corrected chi connectivity index (χ1v) is 4.19. The fraction of sp³-hybridized carbons (Fsp3) is 0.222. The van der Waals surface area contributed by atoms with E-state index in [1.54, 1.807) is 0 Å². The summed E-state index contributed by atoms with van der Waals surface area (Å²) in [4.78, 5) is 14.4. The standard InChI is InChI=1S/C9H7ClN2O2/c1-6(13)14-5-8-2-7(4-11)3-9(10)12-8/h2-3H,5H2,1H3. The fourth-order valence-corrected chi connectivity index (χ4v) is 1.09. The van der Waals surface area contributed by atoms with Crippen LogP contribution in [0, 0.1) is 11.3 Å². The molecule has 0 saturated carbocycles. The average Bonchev–Trinajstić information content (AvgIpc) is 2.14. The summed E-state index contributed by atoms with van der Waals surface area (Å²) in [6.07, 6.45) is 0. The van der Waals surface area contributed by atoms with Gasteiger partial charge in [0.1, 0.15) is 11.8 Å². The maximum atomic E-state index is 10.5. The molecule has 1 heterocycles. The molecule has 4 nitrogen and oxygen atoms in total. The zero-order chi connectivity index (χ0) is 10.6. The van der Waals surface area contributed by atoms with Crippen LogP contribution in [0.3, 0.4) is 0 Å². The first-order chi connectivity index (χ1) is 6.61. The molecule has 1 aromatic heterocycles. The maximum Gasteiger partial charge on any atom is 0.303 e. The van der Waals surface area contributed by atoms with Crippen LogP contribution in [0.1, 0.15) is 18.2 Å². The van der Waals surface area contributed by atoms with Gasteiger partial charge < -0.3 is 4.74 Å². The summed E-state index contributed by atoms with van der Waals surface area (Å²) in [6.45, 7) is 1.33. The third-order valence-electron chi connectivity index (χ3n) is 1.40. The van der Waals surface area contributed by atoms with E-state index >= 15 is 0 Å². The Morgan fingerprint density at radius 3 is 3.00 bits per heavy atom. The van der Waals surface area contributed by atoms with Gasteiger partial charge in [-0.25, -0.2) is 4.98 Å². The third kappa shape index (κ3) is 3.04. The van der Waals surface area contributed by atoms with Crippen molar-refractivity contribution in [1.29, 1.82) is 5.26 Å². The number of ether oxygens (including phenoxy) is 1. The zero-order valence-corrected chi connectivity index (χ0v) is 8.21. The van der Waals surface area contributed by atoms with Crippen LogP contribution in [-0.2, 0) is 16.1 Å². The quantitative estimate of drug-likeness (QED) is 0.550. The highest BCUT2D eigenvalue weighted by atomic mass is 35.5.